The number of ketones is 1. The Morgan fingerprint density at radius 3 is 3.00 bits per heavy atom. The van der Waals surface area contributed by atoms with Crippen LogP contribution in [0.4, 0.5) is 0 Å². The van der Waals surface area contributed by atoms with Crippen molar-refractivity contribution in [3.63, 3.8) is 0 Å². The van der Waals surface area contributed by atoms with Gasteiger partial charge < -0.3 is 9.30 Å². The van der Waals surface area contributed by atoms with Crippen LogP contribution in [0.1, 0.15) is 24.5 Å². The molecule has 0 N–H and O–H groups in total. The number of Topliss-reactive ketones (excluding diaryl/α,β-unsaturated/α-hetero) is 1. The van der Waals surface area contributed by atoms with Crippen molar-refractivity contribution in [2.75, 3.05) is 7.11 Å². The van der Waals surface area contributed by atoms with Crippen LogP contribution in [0.15, 0.2) is 0 Å². The van der Waals surface area contributed by atoms with Gasteiger partial charge in [-0.1, -0.05) is 0 Å². The van der Waals surface area contributed by atoms with Gasteiger partial charge in [0.1, 0.15) is 18.2 Å². The average molecular weight is 195 g/mol. The fraction of sp³-hybridized carbons (Fsp3) is 0.667. The smallest absolute Gasteiger partial charge is 0.159 e. The third-order valence-corrected chi connectivity index (χ3v) is 2.42. The van der Waals surface area contributed by atoms with Crippen LogP contribution >= 0.6 is 0 Å². The van der Waals surface area contributed by atoms with Crippen LogP contribution in [-0.2, 0) is 29.1 Å². The van der Waals surface area contributed by atoms with E-state index in [1.807, 2.05) is 4.57 Å². The average Bonchev–Trinajstić information content (AvgIpc) is 2.45. The van der Waals surface area contributed by atoms with Crippen molar-refractivity contribution in [2.24, 2.45) is 0 Å². The molecule has 0 radical (unpaired) electrons. The molecule has 0 amide bonds. The number of carbonyl (C=O) groups excluding carboxylic acids is 1. The van der Waals surface area contributed by atoms with E-state index in [1.54, 1.807) is 7.11 Å². The number of aryl methyl sites for hydroxylation is 1. The van der Waals surface area contributed by atoms with Gasteiger partial charge in [-0.15, -0.1) is 10.2 Å². The van der Waals surface area contributed by atoms with Crippen LogP contribution in [0.25, 0.3) is 0 Å². The van der Waals surface area contributed by atoms with E-state index in [2.05, 4.69) is 10.2 Å². The lowest BCUT2D eigenvalue weighted by Crippen LogP contribution is -2.07. The van der Waals surface area contributed by atoms with Crippen molar-refractivity contribution in [2.45, 2.75) is 32.4 Å². The van der Waals surface area contributed by atoms with Gasteiger partial charge in [-0.05, 0) is 0 Å². The molecule has 0 aliphatic carbocycles. The summed E-state index contributed by atoms with van der Waals surface area (Å²) in [5.74, 6) is 2.03. The highest BCUT2D eigenvalue weighted by Crippen LogP contribution is 2.12. The number of aromatic nitrogens is 3. The standard InChI is InChI=1S/C9H13N3O2/c1-14-6-9-11-10-8-3-2-7(13)4-5-12(8)9/h2-6H2,1H3. The Bertz CT molecular complexity index is 346. The van der Waals surface area contributed by atoms with Crippen LogP contribution in [0.5, 0.6) is 0 Å². The van der Waals surface area contributed by atoms with E-state index in [9.17, 15) is 4.79 Å². The molecule has 1 aliphatic heterocycles. The lowest BCUT2D eigenvalue weighted by molar-refractivity contribution is -0.119. The maximum absolute atomic E-state index is 11.2. The van der Waals surface area contributed by atoms with Gasteiger partial charge in [0.15, 0.2) is 5.82 Å². The predicted octanol–water partition coefficient (Wildman–Crippen LogP) is 0.330. The fourth-order valence-electron chi connectivity index (χ4n) is 1.66. The second-order valence-electron chi connectivity index (χ2n) is 3.41. The van der Waals surface area contributed by atoms with Crippen molar-refractivity contribution in [1.82, 2.24) is 14.8 Å². The molecule has 5 nitrogen and oxygen atoms in total. The van der Waals surface area contributed by atoms with E-state index >= 15 is 0 Å². The first-order valence-electron chi connectivity index (χ1n) is 4.73. The number of ether oxygens (including phenoxy) is 1. The van der Waals surface area contributed by atoms with Gasteiger partial charge in [-0.3, -0.25) is 4.79 Å². The molecular formula is C9H13N3O2. The molecule has 0 fully saturated rings. The SMILES string of the molecule is COCc1nnc2n1CCC(=O)CC2. The molecule has 2 rings (SSSR count). The zero-order valence-corrected chi connectivity index (χ0v) is 8.19. The van der Waals surface area contributed by atoms with Crippen molar-refractivity contribution >= 4 is 5.78 Å². The molecule has 1 aliphatic rings. The van der Waals surface area contributed by atoms with E-state index < -0.39 is 0 Å². The summed E-state index contributed by atoms with van der Waals surface area (Å²) in [6.07, 6.45) is 1.88. The van der Waals surface area contributed by atoms with Crippen LogP contribution < -0.4 is 0 Å². The van der Waals surface area contributed by atoms with Crippen molar-refractivity contribution in [1.29, 1.82) is 0 Å². The minimum absolute atomic E-state index is 0.305. The number of rotatable bonds is 2. The van der Waals surface area contributed by atoms with Gasteiger partial charge in [0.25, 0.3) is 0 Å². The van der Waals surface area contributed by atoms with Crippen molar-refractivity contribution < 1.29 is 9.53 Å². The Balaban J connectivity index is 2.24. The Kier molecular flexibility index (Phi) is 2.58. The molecule has 1 aromatic heterocycles. The molecule has 5 heteroatoms. The summed E-state index contributed by atoms with van der Waals surface area (Å²) in [5, 5.41) is 8.08. The molecule has 0 atom stereocenters. The number of carbonyl (C=O) groups is 1. The largest absolute Gasteiger partial charge is 0.377 e. The van der Waals surface area contributed by atoms with Crippen LogP contribution in [0.3, 0.4) is 0 Å². The molecule has 1 aromatic rings. The highest BCUT2D eigenvalue weighted by Gasteiger charge is 2.17. The lowest BCUT2D eigenvalue weighted by atomic mass is 10.2. The fourth-order valence-corrected chi connectivity index (χ4v) is 1.66. The van der Waals surface area contributed by atoms with E-state index in [1.165, 1.54) is 0 Å². The Morgan fingerprint density at radius 2 is 2.21 bits per heavy atom. The lowest BCUT2D eigenvalue weighted by Gasteiger charge is -2.04. The third-order valence-electron chi connectivity index (χ3n) is 2.42. The van der Waals surface area contributed by atoms with E-state index in [0.29, 0.717) is 38.2 Å². The number of fused-ring (bicyclic) bond motifs is 1. The van der Waals surface area contributed by atoms with Gasteiger partial charge in [0, 0.05) is 32.9 Å². The van der Waals surface area contributed by atoms with Crippen molar-refractivity contribution in [3.05, 3.63) is 11.6 Å². The first kappa shape index (κ1) is 9.33. The van der Waals surface area contributed by atoms with E-state index in [-0.39, 0.29) is 0 Å². The molecule has 0 aromatic carbocycles. The highest BCUT2D eigenvalue weighted by molar-refractivity contribution is 5.78. The molecule has 76 valence electrons. The molecule has 0 spiro atoms. The summed E-state index contributed by atoms with van der Waals surface area (Å²) in [6.45, 7) is 1.15. The molecule has 0 saturated carbocycles. The Morgan fingerprint density at radius 1 is 1.36 bits per heavy atom. The third kappa shape index (κ3) is 1.68. The van der Waals surface area contributed by atoms with E-state index in [4.69, 9.17) is 4.74 Å². The van der Waals surface area contributed by atoms with Crippen LogP contribution in [-0.4, -0.2) is 27.7 Å². The van der Waals surface area contributed by atoms with Crippen LogP contribution in [0, 0.1) is 0 Å². The second-order valence-corrected chi connectivity index (χ2v) is 3.41. The summed E-state index contributed by atoms with van der Waals surface area (Å²) in [6, 6.07) is 0. The van der Waals surface area contributed by atoms with Gasteiger partial charge >= 0.3 is 0 Å². The Labute approximate surface area is 82.1 Å². The van der Waals surface area contributed by atoms with Gasteiger partial charge in [0.05, 0.1) is 0 Å². The van der Waals surface area contributed by atoms with Gasteiger partial charge in [-0.25, -0.2) is 0 Å². The minimum atomic E-state index is 0.305. The number of hydrogen-bond donors (Lipinski definition) is 0. The highest BCUT2D eigenvalue weighted by atomic mass is 16.5. The van der Waals surface area contributed by atoms with E-state index in [0.717, 1.165) is 11.6 Å². The summed E-state index contributed by atoms with van der Waals surface area (Å²) in [7, 11) is 1.63. The first-order valence-corrected chi connectivity index (χ1v) is 4.73. The van der Waals surface area contributed by atoms with Crippen molar-refractivity contribution in [3.8, 4) is 0 Å². The van der Waals surface area contributed by atoms with Crippen LogP contribution in [0.2, 0.25) is 0 Å². The number of nitrogens with zero attached hydrogens (tertiary/aromatic N) is 3. The summed E-state index contributed by atoms with van der Waals surface area (Å²) < 4.78 is 7.01. The second kappa shape index (κ2) is 3.88. The van der Waals surface area contributed by atoms with Gasteiger partial charge in [0.2, 0.25) is 0 Å². The summed E-state index contributed by atoms with van der Waals surface area (Å²) >= 11 is 0. The monoisotopic (exact) mass is 195 g/mol. The molecule has 0 bridgehead atoms. The number of hydrogen-bond acceptors (Lipinski definition) is 4. The zero-order chi connectivity index (χ0) is 9.97. The maximum atomic E-state index is 11.2. The minimum Gasteiger partial charge on any atom is -0.377 e. The first-order chi connectivity index (χ1) is 6.81. The Hall–Kier alpha value is -1.23. The van der Waals surface area contributed by atoms with Gasteiger partial charge in [-0.2, -0.15) is 0 Å². The maximum Gasteiger partial charge on any atom is 0.159 e. The molecule has 2 heterocycles. The normalized spacial score (nSPS) is 16.5. The molecular weight excluding hydrogens is 182 g/mol. The molecule has 14 heavy (non-hydrogen) atoms. The number of methoxy groups -OCH3 is 1. The summed E-state index contributed by atoms with van der Waals surface area (Å²) in [5.41, 5.74) is 0. The molecule has 0 saturated heterocycles. The predicted molar refractivity (Wildman–Crippen MR) is 48.7 cm³/mol. The zero-order valence-electron chi connectivity index (χ0n) is 8.19. The molecule has 0 unspecified atom stereocenters. The summed E-state index contributed by atoms with van der Waals surface area (Å²) in [4.78, 5) is 11.2. The quantitative estimate of drug-likeness (QED) is 0.682. The topological polar surface area (TPSA) is 57.0 Å².